The number of hydroxylamine groups is 3. The monoisotopic (exact) mass is 434 g/mol. The molecule has 15 heteroatoms. The van der Waals surface area contributed by atoms with E-state index in [0.29, 0.717) is 18.2 Å². The molecule has 2 aliphatic rings. The van der Waals surface area contributed by atoms with Crippen molar-refractivity contribution in [2.75, 3.05) is 13.6 Å². The second-order valence-electron chi connectivity index (χ2n) is 6.60. The van der Waals surface area contributed by atoms with Gasteiger partial charge in [0.25, 0.3) is 0 Å². The number of rotatable bonds is 6. The summed E-state index contributed by atoms with van der Waals surface area (Å²) in [6, 6.07) is -1.16. The Hall–Kier alpha value is -2.75. The van der Waals surface area contributed by atoms with E-state index in [4.69, 9.17) is 14.5 Å². The Morgan fingerprint density at radius 3 is 2.69 bits per heavy atom. The third kappa shape index (κ3) is 5.20. The van der Waals surface area contributed by atoms with Crippen LogP contribution < -0.4 is 5.48 Å². The summed E-state index contributed by atoms with van der Waals surface area (Å²) in [5, 5.41) is 13.3. The number of carbonyl (C=O) groups excluding carboxylic acids is 1. The van der Waals surface area contributed by atoms with Gasteiger partial charge in [-0.15, -0.1) is 4.28 Å². The van der Waals surface area contributed by atoms with Crippen LogP contribution in [-0.4, -0.2) is 75.4 Å². The summed E-state index contributed by atoms with van der Waals surface area (Å²) < 4.78 is 36.1. The number of hydrogen-bond acceptors (Lipinski definition) is 8. The summed E-state index contributed by atoms with van der Waals surface area (Å²) in [6.07, 6.45) is 2.83. The number of carboxylic acid groups (broad SMARTS) is 1. The summed E-state index contributed by atoms with van der Waals surface area (Å²) >= 11 is 0. The van der Waals surface area contributed by atoms with Gasteiger partial charge in [-0.1, -0.05) is 0 Å². The fourth-order valence-electron chi connectivity index (χ4n) is 2.58. The first kappa shape index (κ1) is 22.5. The number of nitrogens with zero attached hydrogens (tertiary/aromatic N) is 5. The number of carboxylic acids is 1. The highest BCUT2D eigenvalue weighted by Crippen LogP contribution is 2.37. The molecule has 1 aromatic heterocycles. The van der Waals surface area contributed by atoms with Crippen LogP contribution >= 0.6 is 0 Å². The lowest BCUT2D eigenvalue weighted by molar-refractivity contribution is -0.166. The predicted molar refractivity (Wildman–Crippen MR) is 96.6 cm³/mol. The number of aliphatic imine (C=N–C) groups is 1. The van der Waals surface area contributed by atoms with Crippen molar-refractivity contribution >= 4 is 28.7 Å². The van der Waals surface area contributed by atoms with E-state index in [0.717, 1.165) is 11.3 Å². The average Bonchev–Trinajstić information content (AvgIpc) is 3.09. The molecule has 0 radical (unpaired) electrons. The van der Waals surface area contributed by atoms with Crippen molar-refractivity contribution in [3.8, 4) is 0 Å². The van der Waals surface area contributed by atoms with Crippen molar-refractivity contribution in [1.29, 1.82) is 0 Å². The molecule has 3 N–H and O–H groups in total. The Morgan fingerprint density at radius 1 is 1.48 bits per heavy atom. The Bertz CT molecular complexity index is 911. The third-order valence-electron chi connectivity index (χ3n) is 4.11. The number of hydrogen-bond donors (Lipinski definition) is 3. The summed E-state index contributed by atoms with van der Waals surface area (Å²) in [5.41, 5.74) is 2.59. The zero-order valence-electron chi connectivity index (χ0n) is 16.1. The maximum absolute atomic E-state index is 11.9. The van der Waals surface area contributed by atoms with Crippen molar-refractivity contribution in [3.05, 3.63) is 17.5 Å². The largest absolute Gasteiger partial charge is 0.479 e. The van der Waals surface area contributed by atoms with Crippen molar-refractivity contribution < 1.29 is 36.8 Å². The van der Waals surface area contributed by atoms with Crippen LogP contribution in [0.2, 0.25) is 0 Å². The smallest absolute Gasteiger partial charge is 0.418 e. The SMILES string of the molecule is CN=CNOC(C)(C)C(=O)O.Cn1ncc2c1CN1CC2N(OS(=O)(=O)O)C1=O. The van der Waals surface area contributed by atoms with Gasteiger partial charge in [-0.2, -0.15) is 18.6 Å². The first-order chi connectivity index (χ1) is 13.4. The van der Waals surface area contributed by atoms with Gasteiger partial charge in [0.15, 0.2) is 5.60 Å². The lowest BCUT2D eigenvalue weighted by Crippen LogP contribution is -2.39. The summed E-state index contributed by atoms with van der Waals surface area (Å²) in [7, 11) is -1.44. The lowest BCUT2D eigenvalue weighted by Gasteiger charge is -2.21. The lowest BCUT2D eigenvalue weighted by atomic mass is 10.1. The quantitative estimate of drug-likeness (QED) is 0.228. The fourth-order valence-corrected chi connectivity index (χ4v) is 2.95. The number of aromatic nitrogens is 2. The molecule has 0 saturated carbocycles. The van der Waals surface area contributed by atoms with E-state index >= 15 is 0 Å². The number of amides is 2. The minimum atomic E-state index is -4.72. The first-order valence-electron chi connectivity index (χ1n) is 8.21. The molecule has 1 unspecified atom stereocenters. The van der Waals surface area contributed by atoms with Crippen LogP contribution in [0.5, 0.6) is 0 Å². The molecule has 1 aromatic rings. The third-order valence-corrected chi connectivity index (χ3v) is 4.46. The first-order valence-corrected chi connectivity index (χ1v) is 9.57. The minimum absolute atomic E-state index is 0.313. The Morgan fingerprint density at radius 2 is 2.14 bits per heavy atom. The van der Waals surface area contributed by atoms with Crippen molar-refractivity contribution in [1.82, 2.24) is 25.2 Å². The van der Waals surface area contributed by atoms with E-state index in [9.17, 15) is 18.0 Å². The molecular weight excluding hydrogens is 412 g/mol. The molecule has 29 heavy (non-hydrogen) atoms. The average molecular weight is 434 g/mol. The number of aryl methyl sites for hydroxylation is 1. The Balaban J connectivity index is 0.000000237. The van der Waals surface area contributed by atoms with E-state index in [1.165, 1.54) is 25.1 Å². The van der Waals surface area contributed by atoms with Crippen LogP contribution in [0.15, 0.2) is 11.2 Å². The predicted octanol–water partition coefficient (Wildman–Crippen LogP) is -0.524. The molecule has 0 aromatic carbocycles. The Labute approximate surface area is 166 Å². The normalized spacial score (nSPS) is 18.5. The van der Waals surface area contributed by atoms with Crippen molar-refractivity contribution in [2.45, 2.75) is 32.0 Å². The number of urea groups is 1. The Kier molecular flexibility index (Phi) is 6.46. The second-order valence-corrected chi connectivity index (χ2v) is 7.60. The van der Waals surface area contributed by atoms with Crippen LogP contribution in [0.3, 0.4) is 0 Å². The van der Waals surface area contributed by atoms with E-state index < -0.39 is 34.0 Å². The van der Waals surface area contributed by atoms with Gasteiger partial charge in [-0.3, -0.25) is 24.5 Å². The highest BCUT2D eigenvalue weighted by Gasteiger charge is 2.47. The van der Waals surface area contributed by atoms with Crippen LogP contribution in [0.4, 0.5) is 4.79 Å². The molecule has 14 nitrogen and oxygen atoms in total. The summed E-state index contributed by atoms with van der Waals surface area (Å²) in [4.78, 5) is 32.0. The zero-order valence-corrected chi connectivity index (χ0v) is 17.0. The van der Waals surface area contributed by atoms with Gasteiger partial charge in [0, 0.05) is 19.7 Å². The van der Waals surface area contributed by atoms with Gasteiger partial charge in [0.2, 0.25) is 0 Å². The van der Waals surface area contributed by atoms with E-state index in [1.807, 2.05) is 0 Å². The molecule has 1 fully saturated rings. The number of carbonyl (C=O) groups is 2. The van der Waals surface area contributed by atoms with Crippen LogP contribution in [-0.2, 0) is 37.9 Å². The summed E-state index contributed by atoms with van der Waals surface area (Å²) in [5.74, 6) is -1.03. The number of aliphatic carboxylic acids is 1. The number of fused-ring (bicyclic) bond motifs is 4. The number of nitrogens with one attached hydrogen (secondary N) is 1. The maximum Gasteiger partial charge on any atom is 0.418 e. The van der Waals surface area contributed by atoms with Gasteiger partial charge in [-0.25, -0.2) is 9.59 Å². The zero-order chi connectivity index (χ0) is 22.0. The van der Waals surface area contributed by atoms with Crippen LogP contribution in [0.25, 0.3) is 0 Å². The van der Waals surface area contributed by atoms with Crippen molar-refractivity contribution in [3.63, 3.8) is 0 Å². The van der Waals surface area contributed by atoms with E-state index in [1.54, 1.807) is 25.0 Å². The molecule has 0 spiro atoms. The van der Waals surface area contributed by atoms with Crippen molar-refractivity contribution in [2.24, 2.45) is 12.0 Å². The van der Waals surface area contributed by atoms with E-state index in [2.05, 4.69) is 19.9 Å². The van der Waals surface area contributed by atoms with E-state index in [-0.39, 0.29) is 0 Å². The summed E-state index contributed by atoms with van der Waals surface area (Å²) in [6.45, 7) is 3.53. The highest BCUT2D eigenvalue weighted by atomic mass is 32.3. The molecule has 3 heterocycles. The van der Waals surface area contributed by atoms with Gasteiger partial charge < -0.3 is 10.0 Å². The molecule has 2 bridgehead atoms. The molecule has 1 saturated heterocycles. The molecule has 1 atom stereocenters. The van der Waals surface area contributed by atoms with Gasteiger partial charge in [0.05, 0.1) is 25.0 Å². The molecule has 3 rings (SSSR count). The molecule has 0 aliphatic carbocycles. The van der Waals surface area contributed by atoms with Gasteiger partial charge in [-0.05, 0) is 13.8 Å². The fraction of sp³-hybridized carbons (Fsp3) is 0.571. The van der Waals surface area contributed by atoms with Crippen LogP contribution in [0.1, 0.15) is 31.1 Å². The molecule has 2 amide bonds. The highest BCUT2D eigenvalue weighted by molar-refractivity contribution is 7.80. The maximum atomic E-state index is 11.9. The topological polar surface area (TPSA) is 176 Å². The van der Waals surface area contributed by atoms with Gasteiger partial charge >= 0.3 is 22.4 Å². The standard InChI is InChI=1S/C8H10N4O5S.C6H12N2O3/c1-10-6-3-11-4-7(5(6)2-9-10)12(8(11)13)17-18(14,15)16;1-6(2,5(9)10)11-8-4-7-3/h2,7H,3-4H2,1H3,(H,14,15,16);4H,1-3H3,(H,7,8)(H,9,10). The van der Waals surface area contributed by atoms with Gasteiger partial charge in [0.1, 0.15) is 12.4 Å². The molecule has 2 aliphatic heterocycles. The molecular formula is C14H22N6O8S. The molecule has 162 valence electrons. The van der Waals surface area contributed by atoms with Crippen LogP contribution in [0, 0.1) is 0 Å². The minimum Gasteiger partial charge on any atom is -0.479 e. The second kappa shape index (κ2) is 8.32.